The number of fused-ring (bicyclic) bond motifs is 1. The molecule has 0 radical (unpaired) electrons. The minimum atomic E-state index is -0.368. The number of H-pyrrole nitrogens is 1. The number of carbonyl (C=O) groups excluding carboxylic acids is 4. The summed E-state index contributed by atoms with van der Waals surface area (Å²) in [5.41, 5.74) is 4.89. The molecule has 338 valence electrons. The maximum absolute atomic E-state index is 13.0. The summed E-state index contributed by atoms with van der Waals surface area (Å²) >= 11 is 0. The number of aryl methyl sites for hydroxylation is 1. The van der Waals surface area contributed by atoms with Gasteiger partial charge in [-0.15, -0.1) is 0 Å². The molecule has 4 amide bonds. The van der Waals surface area contributed by atoms with Crippen LogP contribution in [-0.4, -0.2) is 114 Å². The van der Waals surface area contributed by atoms with Crippen molar-refractivity contribution in [3.63, 3.8) is 0 Å². The van der Waals surface area contributed by atoms with Crippen molar-refractivity contribution in [2.24, 2.45) is 7.05 Å². The summed E-state index contributed by atoms with van der Waals surface area (Å²) in [6.45, 7) is 5.10. The highest BCUT2D eigenvalue weighted by Gasteiger charge is 2.27. The number of aromatic nitrogens is 3. The van der Waals surface area contributed by atoms with Crippen LogP contribution in [-0.2, 0) is 32.8 Å². The van der Waals surface area contributed by atoms with E-state index in [0.29, 0.717) is 67.2 Å². The van der Waals surface area contributed by atoms with Crippen LogP contribution in [0.15, 0.2) is 53.6 Å². The van der Waals surface area contributed by atoms with E-state index < -0.39 is 0 Å². The zero-order chi connectivity index (χ0) is 44.3. The molecule has 2 aromatic heterocycles. The van der Waals surface area contributed by atoms with E-state index >= 15 is 0 Å². The number of hydrogen-bond acceptors (Lipinski definition) is 11. The van der Waals surface area contributed by atoms with Gasteiger partial charge >= 0.3 is 0 Å². The summed E-state index contributed by atoms with van der Waals surface area (Å²) in [6.07, 6.45) is 14.1. The van der Waals surface area contributed by atoms with Gasteiger partial charge in [0.15, 0.2) is 0 Å². The number of carbonyl (C=O) groups is 4. The molecule has 0 spiro atoms. The van der Waals surface area contributed by atoms with Gasteiger partial charge in [0.05, 0.1) is 27.0 Å². The number of piperidine rings is 3. The highest BCUT2D eigenvalue weighted by molar-refractivity contribution is 6.01. The van der Waals surface area contributed by atoms with Crippen molar-refractivity contribution in [2.75, 3.05) is 58.8 Å². The first kappa shape index (κ1) is 45.3. The van der Waals surface area contributed by atoms with Gasteiger partial charge in [-0.1, -0.05) is 31.4 Å². The lowest BCUT2D eigenvalue weighted by atomic mass is 9.89. The quantitative estimate of drug-likeness (QED) is 0.0655. The van der Waals surface area contributed by atoms with Gasteiger partial charge in [0, 0.05) is 74.0 Å². The Morgan fingerprint density at radius 3 is 2.27 bits per heavy atom. The van der Waals surface area contributed by atoms with Gasteiger partial charge in [0.25, 0.3) is 5.56 Å². The number of unbranched alkanes of at least 4 members (excludes halogenated alkanes) is 4. The molecule has 3 fully saturated rings. The highest BCUT2D eigenvalue weighted by atomic mass is 16.5. The van der Waals surface area contributed by atoms with Crippen molar-refractivity contribution < 1.29 is 28.7 Å². The summed E-state index contributed by atoms with van der Waals surface area (Å²) in [7, 11) is 4.87. The summed E-state index contributed by atoms with van der Waals surface area (Å²) in [4.78, 5) is 66.5. The fourth-order valence-corrected chi connectivity index (χ4v) is 9.22. The molecule has 4 aromatic rings. The second-order valence-corrected chi connectivity index (χ2v) is 17.2. The topological polar surface area (TPSA) is 192 Å². The molecular formula is C47H63N9O7. The average Bonchev–Trinajstić information content (AvgIpc) is 3.79. The van der Waals surface area contributed by atoms with Gasteiger partial charge in [0.1, 0.15) is 23.1 Å². The molecule has 0 bridgehead atoms. The molecule has 3 saturated heterocycles. The molecule has 16 nitrogen and oxygen atoms in total. The fourth-order valence-electron chi connectivity index (χ4n) is 9.22. The number of likely N-dealkylation sites (tertiary alicyclic amines) is 2. The zero-order valence-corrected chi connectivity index (χ0v) is 36.9. The van der Waals surface area contributed by atoms with E-state index in [4.69, 9.17) is 9.47 Å². The lowest BCUT2D eigenvalue weighted by Crippen LogP contribution is -2.48. The van der Waals surface area contributed by atoms with Crippen LogP contribution in [0.4, 0.5) is 5.69 Å². The lowest BCUT2D eigenvalue weighted by Gasteiger charge is -2.32. The number of aromatic amines is 1. The molecule has 0 saturated carbocycles. The van der Waals surface area contributed by atoms with Crippen LogP contribution in [0.25, 0.3) is 22.0 Å². The van der Waals surface area contributed by atoms with E-state index in [2.05, 4.69) is 48.5 Å². The van der Waals surface area contributed by atoms with Crippen molar-refractivity contribution in [2.45, 2.75) is 102 Å². The Labute approximate surface area is 368 Å². The van der Waals surface area contributed by atoms with Gasteiger partial charge < -0.3 is 39.8 Å². The Kier molecular flexibility index (Phi) is 15.5. The third-order valence-corrected chi connectivity index (χ3v) is 12.9. The molecule has 1 unspecified atom stereocenters. The first-order valence-electron chi connectivity index (χ1n) is 22.6. The summed E-state index contributed by atoms with van der Waals surface area (Å²) in [5.74, 6) is 1.39. The molecular weight excluding hydrogens is 803 g/mol. The second-order valence-electron chi connectivity index (χ2n) is 17.2. The predicted octanol–water partition coefficient (Wildman–Crippen LogP) is 4.58. The number of nitrogens with one attached hydrogen (secondary N) is 5. The maximum atomic E-state index is 13.0. The SMILES string of the molecule is COc1cc(-c2cn(C)c(=O)c3[nH]ncc23)cc(OC)c1CNCC(=O)NC1CCN(C(=O)CCCCCCCN2CCC(c3ccc(NC4CCC(=O)NC4=O)cc3)CC2)CC1. The van der Waals surface area contributed by atoms with Gasteiger partial charge in [-0.25, -0.2) is 0 Å². The number of rotatable bonds is 19. The fraction of sp³-hybridized carbons (Fsp3) is 0.532. The van der Waals surface area contributed by atoms with E-state index in [9.17, 15) is 24.0 Å². The number of anilines is 1. The Balaban J connectivity index is 0.731. The Morgan fingerprint density at radius 2 is 1.57 bits per heavy atom. The van der Waals surface area contributed by atoms with Crippen LogP contribution >= 0.6 is 0 Å². The molecule has 16 heteroatoms. The number of nitrogens with zero attached hydrogens (tertiary/aromatic N) is 4. The molecule has 3 aliphatic heterocycles. The van der Waals surface area contributed by atoms with Crippen LogP contribution < -0.4 is 36.3 Å². The van der Waals surface area contributed by atoms with Crippen molar-refractivity contribution in [3.8, 4) is 22.6 Å². The van der Waals surface area contributed by atoms with Gasteiger partial charge in [-0.05, 0) is 106 Å². The second kappa shape index (κ2) is 21.6. The zero-order valence-electron chi connectivity index (χ0n) is 36.9. The van der Waals surface area contributed by atoms with Crippen molar-refractivity contribution in [3.05, 3.63) is 70.3 Å². The van der Waals surface area contributed by atoms with E-state index in [1.807, 2.05) is 29.2 Å². The molecule has 5 N–H and O–H groups in total. The first-order valence-corrected chi connectivity index (χ1v) is 22.6. The van der Waals surface area contributed by atoms with E-state index in [-0.39, 0.29) is 47.8 Å². The Hall–Kier alpha value is -5.74. The minimum absolute atomic E-state index is 0.0293. The minimum Gasteiger partial charge on any atom is -0.496 e. The monoisotopic (exact) mass is 865 g/mol. The number of methoxy groups -OCH3 is 2. The van der Waals surface area contributed by atoms with Crippen molar-refractivity contribution in [1.82, 2.24) is 40.5 Å². The van der Waals surface area contributed by atoms with E-state index in [1.54, 1.807) is 33.7 Å². The average molecular weight is 866 g/mol. The van der Waals surface area contributed by atoms with Crippen LogP contribution in [0, 0.1) is 0 Å². The van der Waals surface area contributed by atoms with Crippen molar-refractivity contribution in [1.29, 1.82) is 0 Å². The van der Waals surface area contributed by atoms with Gasteiger partial charge in [0.2, 0.25) is 23.6 Å². The predicted molar refractivity (Wildman–Crippen MR) is 242 cm³/mol. The number of hydrogen-bond donors (Lipinski definition) is 5. The largest absolute Gasteiger partial charge is 0.496 e. The maximum Gasteiger partial charge on any atom is 0.276 e. The molecule has 3 aliphatic rings. The molecule has 0 aliphatic carbocycles. The molecule has 2 aromatic carbocycles. The van der Waals surface area contributed by atoms with E-state index in [0.717, 1.165) is 87.0 Å². The number of benzene rings is 2. The number of ether oxygens (including phenoxy) is 2. The third kappa shape index (κ3) is 11.6. The summed E-state index contributed by atoms with van der Waals surface area (Å²) in [6, 6.07) is 11.9. The highest BCUT2D eigenvalue weighted by Crippen LogP contribution is 2.37. The molecule has 1 atom stereocenters. The Morgan fingerprint density at radius 1 is 0.873 bits per heavy atom. The third-order valence-electron chi connectivity index (χ3n) is 12.9. The van der Waals surface area contributed by atoms with E-state index in [1.165, 1.54) is 23.0 Å². The Bertz CT molecular complexity index is 2250. The first-order chi connectivity index (χ1) is 30.6. The summed E-state index contributed by atoms with van der Waals surface area (Å²) < 4.78 is 13.0. The van der Waals surface area contributed by atoms with Gasteiger partial charge in [-0.2, -0.15) is 5.10 Å². The number of amides is 4. The number of imide groups is 1. The molecule has 7 rings (SSSR count). The molecule has 63 heavy (non-hydrogen) atoms. The molecule has 5 heterocycles. The normalized spacial score (nSPS) is 17.8. The lowest BCUT2D eigenvalue weighted by molar-refractivity contribution is -0.134. The van der Waals surface area contributed by atoms with Crippen molar-refractivity contribution >= 4 is 40.2 Å². The van der Waals surface area contributed by atoms with Crippen LogP contribution in [0.5, 0.6) is 11.5 Å². The van der Waals surface area contributed by atoms with Crippen LogP contribution in [0.2, 0.25) is 0 Å². The van der Waals surface area contributed by atoms with Gasteiger partial charge in [-0.3, -0.25) is 34.4 Å². The van der Waals surface area contributed by atoms with Crippen LogP contribution in [0.1, 0.15) is 94.1 Å². The smallest absolute Gasteiger partial charge is 0.276 e. The van der Waals surface area contributed by atoms with Crippen LogP contribution in [0.3, 0.4) is 0 Å². The standard InChI is InChI=1S/C47H63N9O7/c1-54-30-38(36-28-49-53-45(36)47(54)61)33-25-40(62-2)37(41(26-33)63-3)27-48-29-43(58)51-35-18-23-56(24-19-35)44(59)9-7-5-4-6-8-20-55-21-16-32(17-22-55)31-10-12-34(13-11-31)50-39-14-15-42(57)52-46(39)60/h10-13,25-26,28,30,32,35,39,48,50H,4-9,14-24,27,29H2,1-3H3,(H,49,53)(H,51,58)(H,52,57,60). The number of pyridine rings is 1. The summed E-state index contributed by atoms with van der Waals surface area (Å²) in [5, 5.41) is 19.6.